The van der Waals surface area contributed by atoms with E-state index in [0.29, 0.717) is 25.8 Å². The molecular weight excluding hydrogens is 348 g/mol. The summed E-state index contributed by atoms with van der Waals surface area (Å²) in [5.41, 5.74) is 2.50. The summed E-state index contributed by atoms with van der Waals surface area (Å²) in [5, 5.41) is 28.0. The standard InChI is InChI=1S/C18H24B2NO6/c1-3-6-26-18-8-13(4-5-17(18)25-2)14-7-15(11-21-10-14)16(12-22)9-20(24)27-19-23/h4-5,7-8,10-11,16,22-24H,3,6,9,12H2,1-2H3. The normalized spacial score (nSPS) is 11.7. The summed E-state index contributed by atoms with van der Waals surface area (Å²) in [5.74, 6) is 0.926. The highest BCUT2D eigenvalue weighted by Gasteiger charge is 2.22. The summed E-state index contributed by atoms with van der Waals surface area (Å²) in [6.45, 7) is 2.43. The van der Waals surface area contributed by atoms with Gasteiger partial charge < -0.3 is 29.2 Å². The van der Waals surface area contributed by atoms with Gasteiger partial charge in [-0.3, -0.25) is 4.98 Å². The Morgan fingerprint density at radius 2 is 2.00 bits per heavy atom. The average Bonchev–Trinajstić information content (AvgIpc) is 2.70. The molecule has 1 aromatic carbocycles. The molecule has 7 nitrogen and oxygen atoms in total. The van der Waals surface area contributed by atoms with E-state index in [1.54, 1.807) is 19.5 Å². The zero-order valence-corrected chi connectivity index (χ0v) is 15.5. The molecule has 0 aliphatic heterocycles. The first-order valence-corrected chi connectivity index (χ1v) is 8.79. The number of rotatable bonds is 11. The molecule has 0 aliphatic carbocycles. The molecule has 0 aliphatic rings. The second-order valence-corrected chi connectivity index (χ2v) is 6.03. The summed E-state index contributed by atoms with van der Waals surface area (Å²) in [4.78, 5) is 4.25. The first-order chi connectivity index (χ1) is 13.1. The van der Waals surface area contributed by atoms with Gasteiger partial charge in [0, 0.05) is 30.5 Å². The maximum atomic E-state index is 9.70. The van der Waals surface area contributed by atoms with E-state index in [4.69, 9.17) is 14.5 Å². The number of aliphatic hydroxyl groups is 1. The lowest BCUT2D eigenvalue weighted by Crippen LogP contribution is -2.24. The van der Waals surface area contributed by atoms with Crippen LogP contribution in [0.4, 0.5) is 0 Å². The predicted octanol–water partition coefficient (Wildman–Crippen LogP) is 1.65. The Hall–Kier alpha value is -2.06. The zero-order valence-electron chi connectivity index (χ0n) is 15.5. The van der Waals surface area contributed by atoms with Crippen molar-refractivity contribution in [1.29, 1.82) is 0 Å². The Morgan fingerprint density at radius 1 is 1.19 bits per heavy atom. The SMILES string of the molecule is CCCOc1cc(-c2cncc(C(CO)CB(O)O[B]O)c2)ccc1OC. The topological polar surface area (TPSA) is 101 Å². The molecule has 0 bridgehead atoms. The minimum atomic E-state index is -1.22. The number of aliphatic hydroxyl groups excluding tert-OH is 1. The second-order valence-electron chi connectivity index (χ2n) is 6.03. The van der Waals surface area contributed by atoms with E-state index in [-0.39, 0.29) is 18.8 Å². The van der Waals surface area contributed by atoms with E-state index in [1.165, 1.54) is 0 Å². The highest BCUT2D eigenvalue weighted by atomic mass is 16.5. The van der Waals surface area contributed by atoms with E-state index in [9.17, 15) is 10.1 Å². The first-order valence-electron chi connectivity index (χ1n) is 8.79. The van der Waals surface area contributed by atoms with Crippen molar-refractivity contribution in [3.63, 3.8) is 0 Å². The van der Waals surface area contributed by atoms with Crippen molar-refractivity contribution in [2.75, 3.05) is 20.3 Å². The van der Waals surface area contributed by atoms with Crippen LogP contribution in [0.25, 0.3) is 11.1 Å². The monoisotopic (exact) mass is 372 g/mol. The van der Waals surface area contributed by atoms with E-state index < -0.39 is 7.12 Å². The third-order valence-corrected chi connectivity index (χ3v) is 4.11. The van der Waals surface area contributed by atoms with Crippen molar-refractivity contribution in [1.82, 2.24) is 4.98 Å². The average molecular weight is 372 g/mol. The van der Waals surface area contributed by atoms with Crippen LogP contribution in [0.3, 0.4) is 0 Å². The van der Waals surface area contributed by atoms with Crippen molar-refractivity contribution < 1.29 is 29.2 Å². The lowest BCUT2D eigenvalue weighted by molar-refractivity contribution is 0.265. The smallest absolute Gasteiger partial charge is 0.470 e. The molecule has 1 radical (unpaired) electrons. The molecule has 9 heteroatoms. The third-order valence-electron chi connectivity index (χ3n) is 4.11. The van der Waals surface area contributed by atoms with Gasteiger partial charge in [0.2, 0.25) is 0 Å². The van der Waals surface area contributed by atoms with Crippen molar-refractivity contribution in [2.24, 2.45) is 0 Å². The third kappa shape index (κ3) is 5.97. The van der Waals surface area contributed by atoms with Gasteiger partial charge in [0.15, 0.2) is 11.5 Å². The highest BCUT2D eigenvalue weighted by molar-refractivity contribution is 6.49. The second kappa shape index (κ2) is 10.9. The molecule has 0 saturated carbocycles. The van der Waals surface area contributed by atoms with Crippen LogP contribution in [0, 0.1) is 0 Å². The molecule has 0 fully saturated rings. The van der Waals surface area contributed by atoms with Crippen LogP contribution in [0.1, 0.15) is 24.8 Å². The molecule has 1 aromatic heterocycles. The number of methoxy groups -OCH3 is 1. The summed E-state index contributed by atoms with van der Waals surface area (Å²) in [7, 11) is 0.813. The molecule has 1 heterocycles. The van der Waals surface area contributed by atoms with Crippen LogP contribution in [0.5, 0.6) is 11.5 Å². The Morgan fingerprint density at radius 3 is 2.67 bits per heavy atom. The Bertz CT molecular complexity index is 718. The van der Waals surface area contributed by atoms with Gasteiger partial charge in [-0.25, -0.2) is 0 Å². The van der Waals surface area contributed by atoms with Gasteiger partial charge in [-0.15, -0.1) is 0 Å². The fourth-order valence-electron chi connectivity index (χ4n) is 2.71. The van der Waals surface area contributed by atoms with Crippen LogP contribution >= 0.6 is 0 Å². The fraction of sp³-hybridized carbons (Fsp3) is 0.389. The van der Waals surface area contributed by atoms with Gasteiger partial charge in [-0.05, 0) is 42.1 Å². The molecule has 3 N–H and O–H groups in total. The molecule has 1 unspecified atom stereocenters. The minimum absolute atomic E-state index is 0.117. The van der Waals surface area contributed by atoms with Crippen molar-refractivity contribution in [3.05, 3.63) is 42.2 Å². The summed E-state index contributed by atoms with van der Waals surface area (Å²) in [6.07, 6.45) is 4.36. The maximum Gasteiger partial charge on any atom is 0.470 e. The molecule has 143 valence electrons. The fourth-order valence-corrected chi connectivity index (χ4v) is 2.71. The van der Waals surface area contributed by atoms with E-state index in [1.807, 2.05) is 31.2 Å². The minimum Gasteiger partial charge on any atom is -0.493 e. The van der Waals surface area contributed by atoms with Gasteiger partial charge in [0.05, 0.1) is 13.7 Å². The largest absolute Gasteiger partial charge is 0.493 e. The van der Waals surface area contributed by atoms with Crippen molar-refractivity contribution in [2.45, 2.75) is 25.6 Å². The maximum absolute atomic E-state index is 9.70. The highest BCUT2D eigenvalue weighted by Crippen LogP contribution is 2.33. The summed E-state index contributed by atoms with van der Waals surface area (Å²) >= 11 is 0. The molecule has 0 spiro atoms. The molecule has 0 amide bonds. The van der Waals surface area contributed by atoms with Crippen molar-refractivity contribution in [3.8, 4) is 22.6 Å². The number of aromatic nitrogens is 1. The Balaban J connectivity index is 2.27. The van der Waals surface area contributed by atoms with Gasteiger partial charge >= 0.3 is 14.8 Å². The molecule has 0 saturated heterocycles. The molecule has 2 rings (SSSR count). The van der Waals surface area contributed by atoms with Crippen LogP contribution in [0.15, 0.2) is 36.7 Å². The molecular formula is C18H24B2NO6. The summed E-state index contributed by atoms with van der Waals surface area (Å²) in [6, 6.07) is 7.53. The number of hydrogen-bond acceptors (Lipinski definition) is 7. The molecule has 2 aromatic rings. The van der Waals surface area contributed by atoms with E-state index in [0.717, 1.165) is 23.1 Å². The van der Waals surface area contributed by atoms with Gasteiger partial charge in [0.25, 0.3) is 0 Å². The van der Waals surface area contributed by atoms with Crippen LogP contribution in [-0.2, 0) is 4.57 Å². The van der Waals surface area contributed by atoms with E-state index in [2.05, 4.69) is 9.56 Å². The number of pyridine rings is 1. The number of hydrogen-bond donors (Lipinski definition) is 3. The number of benzene rings is 1. The lowest BCUT2D eigenvalue weighted by Gasteiger charge is -2.17. The van der Waals surface area contributed by atoms with Gasteiger partial charge in [-0.2, -0.15) is 0 Å². The predicted molar refractivity (Wildman–Crippen MR) is 104 cm³/mol. The van der Waals surface area contributed by atoms with Crippen LogP contribution in [0.2, 0.25) is 6.32 Å². The van der Waals surface area contributed by atoms with Gasteiger partial charge in [-0.1, -0.05) is 13.0 Å². The van der Waals surface area contributed by atoms with E-state index >= 15 is 0 Å². The number of ether oxygens (including phenoxy) is 2. The van der Waals surface area contributed by atoms with Gasteiger partial charge in [0.1, 0.15) is 0 Å². The summed E-state index contributed by atoms with van der Waals surface area (Å²) < 4.78 is 15.7. The zero-order chi connectivity index (χ0) is 19.6. The van der Waals surface area contributed by atoms with Crippen LogP contribution in [-0.4, -0.2) is 55.3 Å². The molecule has 1 atom stereocenters. The number of nitrogens with zero attached hydrogens (tertiary/aromatic N) is 1. The Labute approximate surface area is 160 Å². The quantitative estimate of drug-likeness (QED) is 0.516. The van der Waals surface area contributed by atoms with Crippen LogP contribution < -0.4 is 9.47 Å². The Kier molecular flexibility index (Phi) is 8.60. The van der Waals surface area contributed by atoms with Crippen molar-refractivity contribution >= 4 is 14.8 Å². The first kappa shape index (κ1) is 21.2. The lowest BCUT2D eigenvalue weighted by atomic mass is 9.74. The molecule has 27 heavy (non-hydrogen) atoms.